The van der Waals surface area contributed by atoms with Gasteiger partial charge < -0.3 is 24.6 Å². The first-order valence-corrected chi connectivity index (χ1v) is 12.4. The summed E-state index contributed by atoms with van der Waals surface area (Å²) < 4.78 is 16.3. The topological polar surface area (TPSA) is 131 Å². The number of hydrogen-bond acceptors (Lipinski definition) is 8. The molecular weight excluding hydrogens is 524 g/mol. The van der Waals surface area contributed by atoms with Gasteiger partial charge in [-0.2, -0.15) is 0 Å². The standard InChI is InChI=1S/C28H24N2O8S/c1-36-21-10-8-20(9-11-21)29-25(31)15-30-26(32)24(39-28(30)35)14-18-5-12-22(23(13-18)37-2)38-16-17-3-6-19(7-4-17)27(33)34/h3-14H,15-16H2,1-2H3,(H,29,31)(H,33,34)/b24-14-. The Morgan fingerprint density at radius 1 is 0.949 bits per heavy atom. The van der Waals surface area contributed by atoms with Gasteiger partial charge in [0.15, 0.2) is 11.5 Å². The molecule has 1 aliphatic heterocycles. The second-order valence-electron chi connectivity index (χ2n) is 8.25. The highest BCUT2D eigenvalue weighted by atomic mass is 32.2. The molecule has 4 rings (SSSR count). The van der Waals surface area contributed by atoms with Crippen LogP contribution in [0.4, 0.5) is 10.5 Å². The SMILES string of the molecule is COc1ccc(NC(=O)CN2C(=O)S/C(=C\c3ccc(OCc4ccc(C(=O)O)cc4)c(OC)c3)C2=O)cc1. The molecule has 1 heterocycles. The van der Waals surface area contributed by atoms with E-state index in [1.54, 1.807) is 60.7 Å². The Balaban J connectivity index is 1.40. The van der Waals surface area contributed by atoms with E-state index in [9.17, 15) is 19.2 Å². The number of thioether (sulfide) groups is 1. The highest BCUT2D eigenvalue weighted by molar-refractivity contribution is 8.18. The molecule has 1 aliphatic rings. The molecular formula is C28H24N2O8S. The summed E-state index contributed by atoms with van der Waals surface area (Å²) in [7, 11) is 3.01. The first-order chi connectivity index (χ1) is 18.8. The summed E-state index contributed by atoms with van der Waals surface area (Å²) >= 11 is 0.746. The molecule has 11 heteroatoms. The maximum atomic E-state index is 12.9. The van der Waals surface area contributed by atoms with Crippen LogP contribution in [0.1, 0.15) is 21.5 Å². The van der Waals surface area contributed by atoms with Crippen LogP contribution in [0.3, 0.4) is 0 Å². The van der Waals surface area contributed by atoms with Crippen LogP contribution in [0.2, 0.25) is 0 Å². The van der Waals surface area contributed by atoms with Crippen molar-refractivity contribution in [3.8, 4) is 17.2 Å². The molecule has 0 spiro atoms. The maximum absolute atomic E-state index is 12.9. The molecule has 0 saturated carbocycles. The first kappa shape index (κ1) is 27.3. The smallest absolute Gasteiger partial charge is 0.335 e. The second kappa shape index (κ2) is 12.2. The van der Waals surface area contributed by atoms with Gasteiger partial charge in [0.05, 0.1) is 24.7 Å². The number of methoxy groups -OCH3 is 2. The van der Waals surface area contributed by atoms with E-state index in [0.29, 0.717) is 28.5 Å². The minimum atomic E-state index is -1.01. The fraction of sp³-hybridized carbons (Fsp3) is 0.143. The summed E-state index contributed by atoms with van der Waals surface area (Å²) in [6.07, 6.45) is 1.54. The van der Waals surface area contributed by atoms with Crippen LogP contribution in [-0.2, 0) is 16.2 Å². The van der Waals surface area contributed by atoms with Gasteiger partial charge in [-0.15, -0.1) is 0 Å². The molecule has 0 unspecified atom stereocenters. The summed E-state index contributed by atoms with van der Waals surface area (Å²) in [5, 5.41) is 11.1. The van der Waals surface area contributed by atoms with Gasteiger partial charge in [0.25, 0.3) is 11.1 Å². The van der Waals surface area contributed by atoms with E-state index in [2.05, 4.69) is 5.32 Å². The summed E-state index contributed by atoms with van der Waals surface area (Å²) in [6, 6.07) is 18.0. The molecule has 2 N–H and O–H groups in total. The summed E-state index contributed by atoms with van der Waals surface area (Å²) in [4.78, 5) is 49.8. The Hall–Kier alpha value is -4.77. The third kappa shape index (κ3) is 6.76. The molecule has 200 valence electrons. The van der Waals surface area contributed by atoms with Gasteiger partial charge in [-0.3, -0.25) is 19.3 Å². The number of carboxylic acid groups (broad SMARTS) is 1. The number of nitrogens with zero attached hydrogens (tertiary/aromatic N) is 1. The molecule has 3 aromatic carbocycles. The van der Waals surface area contributed by atoms with Crippen LogP contribution < -0.4 is 19.5 Å². The van der Waals surface area contributed by atoms with Crippen molar-refractivity contribution in [3.63, 3.8) is 0 Å². The zero-order valence-corrected chi connectivity index (χ0v) is 21.8. The number of anilines is 1. The van der Waals surface area contributed by atoms with E-state index in [1.807, 2.05) is 0 Å². The van der Waals surface area contributed by atoms with E-state index < -0.39 is 29.6 Å². The number of carbonyl (C=O) groups excluding carboxylic acids is 3. The van der Waals surface area contributed by atoms with Crippen molar-refractivity contribution in [3.05, 3.63) is 88.3 Å². The monoisotopic (exact) mass is 548 g/mol. The minimum Gasteiger partial charge on any atom is -0.497 e. The predicted octanol–water partition coefficient (Wildman–Crippen LogP) is 4.66. The van der Waals surface area contributed by atoms with Crippen molar-refractivity contribution in [1.29, 1.82) is 0 Å². The number of ether oxygens (including phenoxy) is 3. The van der Waals surface area contributed by atoms with E-state index in [0.717, 1.165) is 22.2 Å². The van der Waals surface area contributed by atoms with Crippen LogP contribution in [0.15, 0.2) is 71.6 Å². The average Bonchev–Trinajstić information content (AvgIpc) is 3.19. The molecule has 3 aromatic rings. The Morgan fingerprint density at radius 3 is 2.31 bits per heavy atom. The number of hydrogen-bond donors (Lipinski definition) is 2. The summed E-state index contributed by atoms with van der Waals surface area (Å²) in [5.74, 6) is -0.602. The normalized spacial score (nSPS) is 13.9. The van der Waals surface area contributed by atoms with Gasteiger partial charge >= 0.3 is 5.97 Å². The Bertz CT molecular complexity index is 1430. The highest BCUT2D eigenvalue weighted by Gasteiger charge is 2.36. The molecule has 0 aliphatic carbocycles. The number of carbonyl (C=O) groups is 4. The molecule has 1 saturated heterocycles. The van der Waals surface area contributed by atoms with Gasteiger partial charge in [-0.05, 0) is 77.5 Å². The minimum absolute atomic E-state index is 0.173. The number of imide groups is 1. The van der Waals surface area contributed by atoms with Gasteiger partial charge in [0.2, 0.25) is 5.91 Å². The van der Waals surface area contributed by atoms with Crippen LogP contribution in [0, 0.1) is 0 Å². The molecule has 0 bridgehead atoms. The van der Waals surface area contributed by atoms with Crippen LogP contribution in [0.25, 0.3) is 6.08 Å². The zero-order valence-electron chi connectivity index (χ0n) is 21.0. The highest BCUT2D eigenvalue weighted by Crippen LogP contribution is 2.35. The lowest BCUT2D eigenvalue weighted by Crippen LogP contribution is -2.36. The molecule has 0 radical (unpaired) electrons. The third-order valence-corrected chi connectivity index (χ3v) is 6.54. The van der Waals surface area contributed by atoms with Crippen molar-refractivity contribution in [2.24, 2.45) is 0 Å². The largest absolute Gasteiger partial charge is 0.497 e. The van der Waals surface area contributed by atoms with Gasteiger partial charge in [-0.25, -0.2) is 4.79 Å². The lowest BCUT2D eigenvalue weighted by molar-refractivity contribution is -0.127. The number of rotatable bonds is 10. The lowest BCUT2D eigenvalue weighted by Gasteiger charge is -2.13. The molecule has 3 amide bonds. The van der Waals surface area contributed by atoms with Crippen molar-refractivity contribution >= 4 is 46.5 Å². The maximum Gasteiger partial charge on any atom is 0.335 e. The molecule has 1 fully saturated rings. The number of carboxylic acids is 1. The van der Waals surface area contributed by atoms with Crippen LogP contribution in [0.5, 0.6) is 17.2 Å². The molecule has 39 heavy (non-hydrogen) atoms. The fourth-order valence-corrected chi connectivity index (χ4v) is 4.44. The quantitative estimate of drug-likeness (QED) is 0.347. The predicted molar refractivity (Wildman–Crippen MR) is 145 cm³/mol. The number of aromatic carboxylic acids is 1. The van der Waals surface area contributed by atoms with Gasteiger partial charge in [0.1, 0.15) is 18.9 Å². The van der Waals surface area contributed by atoms with E-state index in [-0.39, 0.29) is 17.1 Å². The second-order valence-corrected chi connectivity index (χ2v) is 9.24. The average molecular weight is 549 g/mol. The lowest BCUT2D eigenvalue weighted by atomic mass is 10.1. The molecule has 0 aromatic heterocycles. The number of nitrogens with one attached hydrogen (secondary N) is 1. The summed E-state index contributed by atoms with van der Waals surface area (Å²) in [5.41, 5.74) is 2.06. The van der Waals surface area contributed by atoms with Crippen molar-refractivity contribution < 1.29 is 38.5 Å². The van der Waals surface area contributed by atoms with E-state index in [1.165, 1.54) is 26.4 Å². The van der Waals surface area contributed by atoms with Gasteiger partial charge in [0, 0.05) is 5.69 Å². The number of amides is 3. The van der Waals surface area contributed by atoms with Crippen LogP contribution >= 0.6 is 11.8 Å². The first-order valence-electron chi connectivity index (χ1n) is 11.6. The van der Waals surface area contributed by atoms with Crippen molar-refractivity contribution in [2.45, 2.75) is 6.61 Å². The van der Waals surface area contributed by atoms with Gasteiger partial charge in [-0.1, -0.05) is 18.2 Å². The Labute approximate surface area is 228 Å². The number of benzene rings is 3. The van der Waals surface area contributed by atoms with Crippen LogP contribution in [-0.4, -0.2) is 53.8 Å². The Morgan fingerprint density at radius 2 is 1.67 bits per heavy atom. The van der Waals surface area contributed by atoms with Crippen molar-refractivity contribution in [2.75, 3.05) is 26.1 Å². The van der Waals surface area contributed by atoms with E-state index in [4.69, 9.17) is 19.3 Å². The zero-order chi connectivity index (χ0) is 27.9. The van der Waals surface area contributed by atoms with E-state index >= 15 is 0 Å². The third-order valence-electron chi connectivity index (χ3n) is 5.63. The van der Waals surface area contributed by atoms with Crippen molar-refractivity contribution in [1.82, 2.24) is 4.90 Å². The summed E-state index contributed by atoms with van der Waals surface area (Å²) in [6.45, 7) is -0.231. The Kier molecular flexibility index (Phi) is 8.52. The molecule has 10 nitrogen and oxygen atoms in total. The molecule has 0 atom stereocenters. The fourth-order valence-electron chi connectivity index (χ4n) is 3.60.